The number of nitrogens with zero attached hydrogens (tertiary/aromatic N) is 3. The predicted octanol–water partition coefficient (Wildman–Crippen LogP) is 7.64. The van der Waals surface area contributed by atoms with E-state index >= 15 is 0 Å². The van der Waals surface area contributed by atoms with Crippen molar-refractivity contribution in [1.29, 1.82) is 5.26 Å². The monoisotopic (exact) mass is 692 g/mol. The van der Waals surface area contributed by atoms with Crippen LogP contribution < -0.4 is 16.0 Å². The van der Waals surface area contributed by atoms with Crippen LogP contribution in [0.25, 0.3) is 22.2 Å². The van der Waals surface area contributed by atoms with Crippen molar-refractivity contribution in [1.82, 2.24) is 14.9 Å². The molecule has 13 heteroatoms. The number of imidazole rings is 1. The van der Waals surface area contributed by atoms with Gasteiger partial charge in [-0.05, 0) is 67.6 Å². The van der Waals surface area contributed by atoms with Gasteiger partial charge in [0, 0.05) is 56.1 Å². The molecule has 0 unspecified atom stereocenters. The molecule has 1 aromatic heterocycles. The maximum atomic E-state index is 14.3. The van der Waals surface area contributed by atoms with E-state index in [9.17, 15) is 28.0 Å². The van der Waals surface area contributed by atoms with E-state index in [2.05, 4.69) is 20.9 Å². The summed E-state index contributed by atoms with van der Waals surface area (Å²) in [6, 6.07) is 13.5. The minimum absolute atomic E-state index is 0.0629. The molecule has 0 atom stereocenters. The fourth-order valence-electron chi connectivity index (χ4n) is 6.07. The van der Waals surface area contributed by atoms with E-state index in [1.54, 1.807) is 24.8 Å². The number of hydrogen-bond acceptors (Lipinski definition) is 6. The molecule has 4 aromatic rings. The van der Waals surface area contributed by atoms with Gasteiger partial charge in [0.05, 0.1) is 33.5 Å². The molecule has 0 radical (unpaired) electrons. The van der Waals surface area contributed by atoms with Crippen molar-refractivity contribution in [3.8, 4) is 17.2 Å². The molecular weight excluding hydrogens is 657 g/mol. The van der Waals surface area contributed by atoms with Crippen LogP contribution in [0.3, 0.4) is 0 Å². The van der Waals surface area contributed by atoms with Gasteiger partial charge in [0.1, 0.15) is 17.4 Å². The van der Waals surface area contributed by atoms with Gasteiger partial charge < -0.3 is 25.3 Å². The summed E-state index contributed by atoms with van der Waals surface area (Å²) in [6.07, 6.45) is 3.19. The molecule has 0 bridgehead atoms. The zero-order valence-corrected chi connectivity index (χ0v) is 28.0. The topological polar surface area (TPSA) is 121 Å². The van der Waals surface area contributed by atoms with Gasteiger partial charge in [0.25, 0.3) is 5.91 Å². The van der Waals surface area contributed by atoms with Crippen LogP contribution in [0.5, 0.6) is 0 Å². The second-order valence-electron chi connectivity index (χ2n) is 11.8. The van der Waals surface area contributed by atoms with Crippen molar-refractivity contribution in [3.63, 3.8) is 0 Å². The first-order chi connectivity index (χ1) is 23.4. The predicted molar refractivity (Wildman–Crippen MR) is 183 cm³/mol. The molecule has 1 heterocycles. The first kappa shape index (κ1) is 35.6. The molecule has 1 aliphatic carbocycles. The number of amides is 2. The quantitative estimate of drug-likeness (QED) is 0.147. The number of carbonyl (C=O) groups is 2. The number of aromatic nitrogens is 2. The van der Waals surface area contributed by atoms with E-state index in [-0.39, 0.29) is 49.7 Å². The number of ether oxygens (including phenoxy) is 1. The third-order valence-corrected chi connectivity index (χ3v) is 9.07. The molecule has 0 spiro atoms. The Morgan fingerprint density at radius 1 is 1.12 bits per heavy atom. The van der Waals surface area contributed by atoms with Gasteiger partial charge >= 0.3 is 6.18 Å². The number of anilines is 2. The number of aryl methyl sites for hydroxylation is 2. The van der Waals surface area contributed by atoms with Crippen molar-refractivity contribution < 1.29 is 27.5 Å². The lowest BCUT2D eigenvalue weighted by Crippen LogP contribution is -2.35. The summed E-state index contributed by atoms with van der Waals surface area (Å²) >= 11 is 6.61. The summed E-state index contributed by atoms with van der Waals surface area (Å²) in [5.74, 6) is -0.445. The number of nitrogens with one attached hydrogen (secondary N) is 3. The number of hydrogen-bond donors (Lipinski definition) is 3. The third kappa shape index (κ3) is 8.13. The number of methoxy groups -OCH3 is 1. The van der Waals surface area contributed by atoms with Crippen LogP contribution >= 0.6 is 11.6 Å². The van der Waals surface area contributed by atoms with Crippen LogP contribution in [0.2, 0.25) is 5.02 Å². The third-order valence-electron chi connectivity index (χ3n) is 8.70. The van der Waals surface area contributed by atoms with Crippen LogP contribution in [0.1, 0.15) is 59.9 Å². The van der Waals surface area contributed by atoms with E-state index in [4.69, 9.17) is 16.3 Å². The Hall–Kier alpha value is -4.70. The molecular formula is C36H36ClF3N6O3. The number of carbonyl (C=O) groups excluding carboxylic acids is 2. The number of rotatable bonds is 10. The number of benzene rings is 3. The fourth-order valence-corrected chi connectivity index (χ4v) is 6.42. The van der Waals surface area contributed by atoms with Crippen LogP contribution in [0.15, 0.2) is 60.7 Å². The zero-order valence-electron chi connectivity index (χ0n) is 27.2. The van der Waals surface area contributed by atoms with E-state index in [0.717, 1.165) is 31.7 Å². The van der Waals surface area contributed by atoms with E-state index in [1.165, 1.54) is 48.5 Å². The second kappa shape index (κ2) is 15.2. The Balaban J connectivity index is 1.29. The van der Waals surface area contributed by atoms with Gasteiger partial charge in [0.2, 0.25) is 5.91 Å². The average molecular weight is 693 g/mol. The molecule has 0 saturated heterocycles. The minimum Gasteiger partial charge on any atom is -0.381 e. The van der Waals surface area contributed by atoms with Gasteiger partial charge in [0.15, 0.2) is 0 Å². The average Bonchev–Trinajstić information content (AvgIpc) is 3.42. The standard InChI is InChI=1S/C36H36ClF3N6O3/c1-4-30-45-34-29(46(30)2)19-27(36(38,39)40)32(33(34)37)21-7-5-8-25(18-21)43-35(48)22-10-15-28(23(17-22)20-41)44-31(47)9-6-16-42-24-11-13-26(49-3)14-12-24/h5-10,15,17-19,24,26,42H,4,11-14,16H2,1-3H3,(H,43,48)(H,44,47)/b9-6+. The van der Waals surface area contributed by atoms with E-state index in [1.807, 2.05) is 13.0 Å². The normalized spacial score (nSPS) is 16.5. The van der Waals surface area contributed by atoms with Gasteiger partial charge in [-0.1, -0.05) is 36.7 Å². The lowest BCUT2D eigenvalue weighted by atomic mass is 9.93. The fraction of sp³-hybridized carbons (Fsp3) is 0.333. The van der Waals surface area contributed by atoms with Crippen LogP contribution in [0.4, 0.5) is 24.5 Å². The zero-order chi connectivity index (χ0) is 35.3. The Bertz CT molecular complexity index is 1940. The summed E-state index contributed by atoms with van der Waals surface area (Å²) < 4.78 is 50.0. The molecule has 1 aliphatic rings. The highest BCUT2D eigenvalue weighted by molar-refractivity contribution is 6.38. The summed E-state index contributed by atoms with van der Waals surface area (Å²) in [7, 11) is 3.37. The number of alkyl halides is 3. The molecule has 3 N–H and O–H groups in total. The van der Waals surface area contributed by atoms with Gasteiger partial charge in [-0.15, -0.1) is 0 Å². The number of fused-ring (bicyclic) bond motifs is 1. The molecule has 1 fully saturated rings. The summed E-state index contributed by atoms with van der Waals surface area (Å²) in [4.78, 5) is 30.2. The molecule has 5 rings (SSSR count). The van der Waals surface area contributed by atoms with Crippen molar-refractivity contribution in [2.45, 2.75) is 57.3 Å². The van der Waals surface area contributed by atoms with Gasteiger partial charge in [-0.25, -0.2) is 4.98 Å². The molecule has 1 saturated carbocycles. The highest BCUT2D eigenvalue weighted by Crippen LogP contribution is 2.45. The Labute approximate surface area is 287 Å². The molecule has 9 nitrogen and oxygen atoms in total. The molecule has 49 heavy (non-hydrogen) atoms. The van der Waals surface area contributed by atoms with Crippen molar-refractivity contribution >= 4 is 45.8 Å². The number of nitriles is 1. The SMILES string of the molecule is CCc1nc2c(Cl)c(-c3cccc(NC(=O)c4ccc(NC(=O)/C=C/CNC5CCC(OC)CC5)c(C#N)c4)c3)c(C(F)(F)F)cc2n1C. The highest BCUT2D eigenvalue weighted by Gasteiger charge is 2.36. The van der Waals surface area contributed by atoms with Crippen LogP contribution in [0, 0.1) is 11.3 Å². The largest absolute Gasteiger partial charge is 0.417 e. The van der Waals surface area contributed by atoms with Crippen LogP contribution in [-0.4, -0.2) is 47.2 Å². The summed E-state index contributed by atoms with van der Waals surface area (Å²) in [5, 5.41) is 18.3. The molecule has 2 amide bonds. The van der Waals surface area contributed by atoms with Crippen molar-refractivity contribution in [2.24, 2.45) is 7.05 Å². The maximum Gasteiger partial charge on any atom is 0.417 e. The minimum atomic E-state index is -4.72. The summed E-state index contributed by atoms with van der Waals surface area (Å²) in [6.45, 7) is 2.37. The summed E-state index contributed by atoms with van der Waals surface area (Å²) in [5.41, 5.74) is 0.0953. The van der Waals surface area contributed by atoms with Crippen molar-refractivity contribution in [2.75, 3.05) is 24.3 Å². The van der Waals surface area contributed by atoms with Gasteiger partial charge in [-0.3, -0.25) is 9.59 Å². The highest BCUT2D eigenvalue weighted by atomic mass is 35.5. The smallest absolute Gasteiger partial charge is 0.381 e. The molecule has 0 aliphatic heterocycles. The lowest BCUT2D eigenvalue weighted by Gasteiger charge is -2.27. The Kier molecular flexibility index (Phi) is 11.1. The number of halogens is 4. The molecule has 3 aromatic carbocycles. The molecule has 256 valence electrons. The first-order valence-corrected chi connectivity index (χ1v) is 16.3. The second-order valence-corrected chi connectivity index (χ2v) is 12.2. The lowest BCUT2D eigenvalue weighted by molar-refractivity contribution is -0.137. The maximum absolute atomic E-state index is 14.3. The van der Waals surface area contributed by atoms with Crippen LogP contribution in [-0.2, 0) is 29.2 Å². The van der Waals surface area contributed by atoms with Gasteiger partial charge in [-0.2, -0.15) is 18.4 Å². The Morgan fingerprint density at radius 2 is 1.88 bits per heavy atom. The van der Waals surface area contributed by atoms with E-state index < -0.39 is 23.6 Å². The first-order valence-electron chi connectivity index (χ1n) is 15.9. The van der Waals surface area contributed by atoms with Crippen molar-refractivity contribution in [3.05, 3.63) is 88.2 Å². The van der Waals surface area contributed by atoms with E-state index in [0.29, 0.717) is 30.9 Å². The Morgan fingerprint density at radius 3 is 2.55 bits per heavy atom.